The summed E-state index contributed by atoms with van der Waals surface area (Å²) in [7, 11) is -8.02. The zero-order valence-electron chi connectivity index (χ0n) is 12.0. The molecule has 134 valence electrons. The van der Waals surface area contributed by atoms with Crippen LogP contribution >= 0.6 is 31.9 Å². The number of benzene rings is 1. The molecular formula is C12H13Br2NO7S2. The van der Waals surface area contributed by atoms with Crippen molar-refractivity contribution >= 4 is 57.7 Å². The molecular weight excluding hydrogens is 494 g/mol. The summed E-state index contributed by atoms with van der Waals surface area (Å²) in [5.41, 5.74) is 0. The molecule has 2 rings (SSSR count). The largest absolute Gasteiger partial charge is 0.480 e. The number of sulfonamides is 1. The lowest BCUT2D eigenvalue weighted by molar-refractivity contribution is -0.137. The second-order valence-electron chi connectivity index (χ2n) is 5.23. The third-order valence-corrected chi connectivity index (χ3v) is 8.49. The van der Waals surface area contributed by atoms with Crippen LogP contribution in [-0.2, 0) is 24.7 Å². The standard InChI is InChI=1S/C12H13Br2NO7S2/c13-7-1-2-8(14)11(3-7)24(21,22)15(4-12(17)18)9-5-23(19,20)6-10(9)16/h1-3,9-10,16H,4-6H2,(H,17,18)/t9-,10-/m0/s1. The molecule has 0 unspecified atom stereocenters. The van der Waals surface area contributed by atoms with Crippen molar-refractivity contribution in [2.24, 2.45) is 0 Å². The molecule has 0 aromatic heterocycles. The average molecular weight is 507 g/mol. The van der Waals surface area contributed by atoms with E-state index in [0.717, 1.165) is 0 Å². The number of hydrogen-bond acceptors (Lipinski definition) is 6. The van der Waals surface area contributed by atoms with Crippen molar-refractivity contribution in [1.29, 1.82) is 0 Å². The first-order chi connectivity index (χ1) is 10.9. The van der Waals surface area contributed by atoms with Crippen molar-refractivity contribution in [3.8, 4) is 0 Å². The van der Waals surface area contributed by atoms with Gasteiger partial charge in [0.15, 0.2) is 9.84 Å². The molecule has 0 amide bonds. The summed E-state index contributed by atoms with van der Waals surface area (Å²) in [6.07, 6.45) is -1.49. The van der Waals surface area contributed by atoms with Crippen molar-refractivity contribution in [3.05, 3.63) is 27.1 Å². The molecule has 0 aliphatic carbocycles. The van der Waals surface area contributed by atoms with Gasteiger partial charge < -0.3 is 10.2 Å². The van der Waals surface area contributed by atoms with Gasteiger partial charge in [0.1, 0.15) is 6.54 Å². The van der Waals surface area contributed by atoms with Gasteiger partial charge >= 0.3 is 5.97 Å². The number of aliphatic hydroxyl groups is 1. The van der Waals surface area contributed by atoms with Crippen molar-refractivity contribution in [2.75, 3.05) is 18.1 Å². The Balaban J connectivity index is 2.55. The molecule has 0 spiro atoms. The SMILES string of the molecule is O=C(O)CN([C@H]1CS(=O)(=O)C[C@@H]1O)S(=O)(=O)c1cc(Br)ccc1Br. The number of hydrogen-bond donors (Lipinski definition) is 2. The minimum atomic E-state index is -4.36. The predicted molar refractivity (Wildman–Crippen MR) is 91.8 cm³/mol. The summed E-state index contributed by atoms with van der Waals surface area (Å²) in [5.74, 6) is -2.70. The van der Waals surface area contributed by atoms with Gasteiger partial charge in [-0.1, -0.05) is 15.9 Å². The lowest BCUT2D eigenvalue weighted by atomic mass is 10.2. The Kier molecular flexibility index (Phi) is 5.77. The third-order valence-electron chi connectivity index (χ3n) is 3.43. The van der Waals surface area contributed by atoms with Gasteiger partial charge in [0, 0.05) is 8.95 Å². The maximum absolute atomic E-state index is 12.9. The number of carboxylic acid groups (broad SMARTS) is 1. The average Bonchev–Trinajstić information content (AvgIpc) is 2.71. The van der Waals surface area contributed by atoms with E-state index in [-0.39, 0.29) is 9.37 Å². The number of aliphatic carboxylic acids is 1. The molecule has 2 N–H and O–H groups in total. The Morgan fingerprint density at radius 2 is 1.92 bits per heavy atom. The van der Waals surface area contributed by atoms with Crippen LogP contribution in [0.5, 0.6) is 0 Å². The smallest absolute Gasteiger partial charge is 0.318 e. The number of halogens is 2. The summed E-state index contributed by atoms with van der Waals surface area (Å²) >= 11 is 6.23. The molecule has 1 aromatic rings. The molecule has 1 fully saturated rings. The molecule has 8 nitrogen and oxygen atoms in total. The van der Waals surface area contributed by atoms with E-state index in [4.69, 9.17) is 5.11 Å². The Bertz CT molecular complexity index is 869. The van der Waals surface area contributed by atoms with Gasteiger partial charge in [-0.3, -0.25) is 4.79 Å². The lowest BCUT2D eigenvalue weighted by Gasteiger charge is -2.28. The third kappa shape index (κ3) is 4.17. The van der Waals surface area contributed by atoms with Crippen LogP contribution in [0.25, 0.3) is 0 Å². The number of carboxylic acids is 1. The molecule has 24 heavy (non-hydrogen) atoms. The van der Waals surface area contributed by atoms with Crippen LogP contribution in [0.3, 0.4) is 0 Å². The maximum Gasteiger partial charge on any atom is 0.318 e. The highest BCUT2D eigenvalue weighted by Gasteiger charge is 2.45. The summed E-state index contributed by atoms with van der Waals surface area (Å²) in [4.78, 5) is 10.9. The molecule has 1 aromatic carbocycles. The van der Waals surface area contributed by atoms with Gasteiger partial charge in [-0.05, 0) is 34.1 Å². The second kappa shape index (κ2) is 7.00. The van der Waals surface area contributed by atoms with E-state index in [1.165, 1.54) is 12.1 Å². The van der Waals surface area contributed by atoms with E-state index in [2.05, 4.69) is 31.9 Å². The predicted octanol–water partition coefficient (Wildman–Crippen LogP) is 0.445. The van der Waals surface area contributed by atoms with Crippen molar-refractivity contribution in [2.45, 2.75) is 17.0 Å². The van der Waals surface area contributed by atoms with Crippen LogP contribution in [0.4, 0.5) is 0 Å². The summed E-state index contributed by atoms with van der Waals surface area (Å²) in [6.45, 7) is -0.960. The minimum Gasteiger partial charge on any atom is -0.480 e. The Morgan fingerprint density at radius 1 is 1.29 bits per heavy atom. The van der Waals surface area contributed by atoms with Gasteiger partial charge in [0.25, 0.3) is 0 Å². The van der Waals surface area contributed by atoms with Crippen LogP contribution in [-0.4, -0.2) is 67.5 Å². The van der Waals surface area contributed by atoms with Gasteiger partial charge in [-0.2, -0.15) is 4.31 Å². The van der Waals surface area contributed by atoms with Crippen LogP contribution in [0.1, 0.15) is 0 Å². The van der Waals surface area contributed by atoms with E-state index < -0.39 is 56.0 Å². The molecule has 1 aliphatic rings. The Hall–Kier alpha value is -0.530. The molecule has 1 aliphatic heterocycles. The summed E-state index contributed by atoms with van der Waals surface area (Å²) in [6, 6.07) is 2.95. The second-order valence-corrected chi connectivity index (χ2v) is 11.0. The number of sulfone groups is 1. The van der Waals surface area contributed by atoms with Gasteiger partial charge in [-0.15, -0.1) is 0 Å². The Labute approximate surface area is 155 Å². The number of carbonyl (C=O) groups is 1. The van der Waals surface area contributed by atoms with Gasteiger partial charge in [0.2, 0.25) is 10.0 Å². The zero-order chi connectivity index (χ0) is 18.3. The maximum atomic E-state index is 12.9. The molecule has 0 saturated carbocycles. The molecule has 2 atom stereocenters. The van der Waals surface area contributed by atoms with E-state index in [0.29, 0.717) is 8.78 Å². The molecule has 12 heteroatoms. The fourth-order valence-corrected chi connectivity index (χ4v) is 7.36. The van der Waals surface area contributed by atoms with Crippen LogP contribution in [0.15, 0.2) is 32.0 Å². The molecule has 1 saturated heterocycles. The van der Waals surface area contributed by atoms with E-state index in [1.54, 1.807) is 6.07 Å². The number of rotatable bonds is 5. The van der Waals surface area contributed by atoms with E-state index in [9.17, 15) is 26.7 Å². The summed E-state index contributed by atoms with van der Waals surface area (Å²) in [5, 5.41) is 19.0. The number of nitrogens with zero attached hydrogens (tertiary/aromatic N) is 1. The highest BCUT2D eigenvalue weighted by molar-refractivity contribution is 9.11. The molecule has 0 radical (unpaired) electrons. The van der Waals surface area contributed by atoms with Crippen molar-refractivity contribution in [1.82, 2.24) is 4.31 Å². The normalized spacial score (nSPS) is 23.5. The van der Waals surface area contributed by atoms with Gasteiger partial charge in [0.05, 0.1) is 28.5 Å². The van der Waals surface area contributed by atoms with E-state index >= 15 is 0 Å². The molecule has 0 bridgehead atoms. The topological polar surface area (TPSA) is 129 Å². The van der Waals surface area contributed by atoms with Crippen LogP contribution in [0, 0.1) is 0 Å². The van der Waals surface area contributed by atoms with Crippen LogP contribution < -0.4 is 0 Å². The highest BCUT2D eigenvalue weighted by atomic mass is 79.9. The first kappa shape index (κ1) is 19.8. The summed E-state index contributed by atoms with van der Waals surface area (Å²) < 4.78 is 50.3. The number of aliphatic hydroxyl groups excluding tert-OH is 1. The fourth-order valence-electron chi connectivity index (χ4n) is 2.40. The Morgan fingerprint density at radius 3 is 2.42 bits per heavy atom. The van der Waals surface area contributed by atoms with Crippen molar-refractivity contribution < 1.29 is 31.8 Å². The first-order valence-electron chi connectivity index (χ1n) is 6.51. The molecule has 1 heterocycles. The quantitative estimate of drug-likeness (QED) is 0.592. The van der Waals surface area contributed by atoms with E-state index in [1.807, 2.05) is 0 Å². The van der Waals surface area contributed by atoms with Crippen LogP contribution in [0.2, 0.25) is 0 Å². The fraction of sp³-hybridized carbons (Fsp3) is 0.417. The lowest BCUT2D eigenvalue weighted by Crippen LogP contribution is -2.48. The highest BCUT2D eigenvalue weighted by Crippen LogP contribution is 2.31. The monoisotopic (exact) mass is 505 g/mol. The first-order valence-corrected chi connectivity index (χ1v) is 11.4. The zero-order valence-corrected chi connectivity index (χ0v) is 16.8. The van der Waals surface area contributed by atoms with Crippen molar-refractivity contribution in [3.63, 3.8) is 0 Å². The van der Waals surface area contributed by atoms with Gasteiger partial charge in [-0.25, -0.2) is 16.8 Å². The minimum absolute atomic E-state index is 0.191.